The van der Waals surface area contributed by atoms with Crippen molar-refractivity contribution < 1.29 is 5.11 Å². The van der Waals surface area contributed by atoms with Crippen molar-refractivity contribution >= 4 is 21.6 Å². The molecule has 2 N–H and O–H groups in total. The van der Waals surface area contributed by atoms with Crippen molar-refractivity contribution in [1.82, 2.24) is 14.9 Å². The lowest BCUT2D eigenvalue weighted by molar-refractivity contribution is 0.162. The number of nitrogens with one attached hydrogen (secondary N) is 1. The molecule has 1 atom stereocenters. The molecule has 0 fully saturated rings. The molecule has 5 nitrogen and oxygen atoms in total. The Balaban J connectivity index is 2.09. The van der Waals surface area contributed by atoms with Crippen LogP contribution in [0.4, 0.5) is 0 Å². The zero-order valence-corrected chi connectivity index (χ0v) is 11.3. The fraction of sp³-hybridized carbons (Fsp3) is 0.500. The van der Waals surface area contributed by atoms with E-state index in [-0.39, 0.29) is 11.7 Å². The van der Waals surface area contributed by atoms with Crippen LogP contribution in [0.5, 0.6) is 0 Å². The molecule has 98 valence electrons. The lowest BCUT2D eigenvalue weighted by Gasteiger charge is -2.16. The van der Waals surface area contributed by atoms with E-state index in [1.165, 1.54) is 11.3 Å². The van der Waals surface area contributed by atoms with Crippen LogP contribution in [0.15, 0.2) is 16.2 Å². The molecule has 0 amide bonds. The van der Waals surface area contributed by atoms with Crippen LogP contribution < -0.4 is 5.56 Å². The van der Waals surface area contributed by atoms with Crippen LogP contribution in [-0.4, -0.2) is 39.7 Å². The highest BCUT2D eigenvalue weighted by Gasteiger charge is 2.08. The van der Waals surface area contributed by atoms with Gasteiger partial charge in [0.25, 0.3) is 5.56 Å². The van der Waals surface area contributed by atoms with E-state index in [1.807, 2.05) is 23.4 Å². The van der Waals surface area contributed by atoms with E-state index in [2.05, 4.69) is 9.97 Å². The van der Waals surface area contributed by atoms with Crippen LogP contribution in [0.25, 0.3) is 10.2 Å². The second-order valence-electron chi connectivity index (χ2n) is 4.52. The van der Waals surface area contributed by atoms with E-state index in [1.54, 1.807) is 6.92 Å². The molecule has 0 saturated heterocycles. The summed E-state index contributed by atoms with van der Waals surface area (Å²) in [5, 5.41) is 11.1. The highest BCUT2D eigenvalue weighted by molar-refractivity contribution is 7.17. The second kappa shape index (κ2) is 5.60. The van der Waals surface area contributed by atoms with Gasteiger partial charge in [0.15, 0.2) is 0 Å². The summed E-state index contributed by atoms with van der Waals surface area (Å²) in [4.78, 5) is 21.0. The van der Waals surface area contributed by atoms with E-state index in [0.29, 0.717) is 23.5 Å². The molecule has 2 rings (SSSR count). The van der Waals surface area contributed by atoms with E-state index in [9.17, 15) is 9.90 Å². The topological polar surface area (TPSA) is 69.2 Å². The van der Waals surface area contributed by atoms with Gasteiger partial charge in [-0.2, -0.15) is 0 Å². The molecule has 0 aromatic carbocycles. The molecule has 0 spiro atoms. The van der Waals surface area contributed by atoms with Crippen LogP contribution in [-0.2, 0) is 6.54 Å². The van der Waals surface area contributed by atoms with Crippen molar-refractivity contribution in [2.45, 2.75) is 26.0 Å². The van der Waals surface area contributed by atoms with Crippen LogP contribution in [0, 0.1) is 0 Å². The molecule has 18 heavy (non-hydrogen) atoms. The lowest BCUT2D eigenvalue weighted by Crippen LogP contribution is -2.24. The number of aromatic amines is 1. The molecule has 0 aliphatic heterocycles. The molecule has 0 bridgehead atoms. The van der Waals surface area contributed by atoms with Crippen molar-refractivity contribution in [2.75, 3.05) is 13.6 Å². The average molecular weight is 267 g/mol. The number of aliphatic hydroxyl groups excluding tert-OH is 1. The summed E-state index contributed by atoms with van der Waals surface area (Å²) in [6.45, 7) is 3.11. The van der Waals surface area contributed by atoms with E-state index in [4.69, 9.17) is 0 Å². The van der Waals surface area contributed by atoms with Gasteiger partial charge in [0.05, 0.1) is 18.2 Å². The quantitative estimate of drug-likeness (QED) is 0.853. The minimum atomic E-state index is -0.307. The predicted molar refractivity (Wildman–Crippen MR) is 72.9 cm³/mol. The number of hydrogen-bond donors (Lipinski definition) is 2. The normalized spacial score (nSPS) is 13.3. The van der Waals surface area contributed by atoms with Crippen LogP contribution in [0.1, 0.15) is 19.2 Å². The minimum Gasteiger partial charge on any atom is -0.393 e. The van der Waals surface area contributed by atoms with Gasteiger partial charge in [0.1, 0.15) is 10.5 Å². The first kappa shape index (κ1) is 13.2. The summed E-state index contributed by atoms with van der Waals surface area (Å²) >= 11 is 1.40. The van der Waals surface area contributed by atoms with Crippen LogP contribution in [0.3, 0.4) is 0 Å². The number of aliphatic hydroxyl groups is 1. The third-order valence-electron chi connectivity index (χ3n) is 2.71. The first-order valence-electron chi connectivity index (χ1n) is 5.89. The van der Waals surface area contributed by atoms with Crippen molar-refractivity contribution in [1.29, 1.82) is 0 Å². The summed E-state index contributed by atoms with van der Waals surface area (Å²) < 4.78 is 0.672. The number of thiophene rings is 1. The average Bonchev–Trinajstić information content (AvgIpc) is 2.75. The fourth-order valence-corrected chi connectivity index (χ4v) is 2.46. The van der Waals surface area contributed by atoms with Crippen molar-refractivity contribution in [3.8, 4) is 0 Å². The molecule has 2 aromatic rings. The van der Waals surface area contributed by atoms with Crippen LogP contribution >= 0.6 is 11.3 Å². The Morgan fingerprint density at radius 3 is 3.11 bits per heavy atom. The zero-order valence-electron chi connectivity index (χ0n) is 10.5. The number of hydrogen-bond acceptors (Lipinski definition) is 5. The van der Waals surface area contributed by atoms with Gasteiger partial charge in [0, 0.05) is 6.54 Å². The Morgan fingerprint density at radius 2 is 2.39 bits per heavy atom. The molecular weight excluding hydrogens is 250 g/mol. The molecule has 1 unspecified atom stereocenters. The molecule has 0 aliphatic rings. The van der Waals surface area contributed by atoms with Gasteiger partial charge in [-0.25, -0.2) is 4.98 Å². The molecule has 2 heterocycles. The van der Waals surface area contributed by atoms with Gasteiger partial charge >= 0.3 is 0 Å². The molecule has 0 saturated carbocycles. The van der Waals surface area contributed by atoms with Gasteiger partial charge in [-0.1, -0.05) is 0 Å². The Labute approximate surface area is 109 Å². The number of fused-ring (bicyclic) bond motifs is 1. The third kappa shape index (κ3) is 3.16. The van der Waals surface area contributed by atoms with Gasteiger partial charge in [-0.15, -0.1) is 11.3 Å². The van der Waals surface area contributed by atoms with E-state index in [0.717, 1.165) is 12.1 Å². The first-order valence-corrected chi connectivity index (χ1v) is 6.77. The summed E-state index contributed by atoms with van der Waals surface area (Å²) in [7, 11) is 1.94. The van der Waals surface area contributed by atoms with E-state index >= 15 is 0 Å². The van der Waals surface area contributed by atoms with Crippen molar-refractivity contribution in [3.05, 3.63) is 27.6 Å². The summed E-state index contributed by atoms with van der Waals surface area (Å²) in [6.07, 6.45) is 0.403. The Hall–Kier alpha value is -1.24. The maximum atomic E-state index is 11.8. The maximum absolute atomic E-state index is 11.8. The third-order valence-corrected chi connectivity index (χ3v) is 3.61. The van der Waals surface area contributed by atoms with Crippen molar-refractivity contribution in [3.63, 3.8) is 0 Å². The largest absolute Gasteiger partial charge is 0.393 e. The maximum Gasteiger partial charge on any atom is 0.268 e. The fourth-order valence-electron chi connectivity index (χ4n) is 1.74. The monoisotopic (exact) mass is 267 g/mol. The predicted octanol–water partition coefficient (Wildman–Crippen LogP) is 1.19. The first-order chi connectivity index (χ1) is 8.56. The lowest BCUT2D eigenvalue weighted by atomic mass is 10.3. The Kier molecular flexibility index (Phi) is 4.11. The smallest absolute Gasteiger partial charge is 0.268 e. The summed E-state index contributed by atoms with van der Waals surface area (Å²) in [6, 6.07) is 1.86. The van der Waals surface area contributed by atoms with Gasteiger partial charge in [-0.3, -0.25) is 9.69 Å². The van der Waals surface area contributed by atoms with E-state index < -0.39 is 0 Å². The number of H-pyrrole nitrogens is 1. The number of aromatic nitrogens is 2. The highest BCUT2D eigenvalue weighted by Crippen LogP contribution is 2.13. The molecule has 0 radical (unpaired) electrons. The van der Waals surface area contributed by atoms with Gasteiger partial charge in [0.2, 0.25) is 0 Å². The summed E-state index contributed by atoms with van der Waals surface area (Å²) in [5.41, 5.74) is 0.677. The summed E-state index contributed by atoms with van der Waals surface area (Å²) in [5.74, 6) is 0.666. The molecule has 0 aliphatic carbocycles. The molecular formula is C12H17N3O2S. The Bertz CT molecular complexity index is 576. The van der Waals surface area contributed by atoms with Crippen molar-refractivity contribution in [2.24, 2.45) is 0 Å². The SMILES string of the molecule is CC(O)CCN(C)Cc1nc2ccsc2c(=O)[nH]1. The number of rotatable bonds is 5. The zero-order chi connectivity index (χ0) is 13.1. The standard InChI is InChI=1S/C12H17N3O2S/c1-8(16)3-5-15(2)7-10-13-9-4-6-18-11(9)12(17)14-10/h4,6,8,16H,3,5,7H2,1-2H3,(H,13,14,17). The highest BCUT2D eigenvalue weighted by atomic mass is 32.1. The van der Waals surface area contributed by atoms with Crippen LogP contribution in [0.2, 0.25) is 0 Å². The molecule has 2 aromatic heterocycles. The van der Waals surface area contributed by atoms with Gasteiger partial charge in [-0.05, 0) is 31.8 Å². The number of nitrogens with zero attached hydrogens (tertiary/aromatic N) is 2. The Morgan fingerprint density at radius 1 is 1.61 bits per heavy atom. The van der Waals surface area contributed by atoms with Gasteiger partial charge < -0.3 is 10.1 Å². The molecule has 6 heteroatoms. The minimum absolute atomic E-state index is 0.0751. The second-order valence-corrected chi connectivity index (χ2v) is 5.44.